The van der Waals surface area contributed by atoms with E-state index in [0.717, 1.165) is 4.88 Å². The highest BCUT2D eigenvalue weighted by atomic mass is 35.5. The molecular formula is C13H11ClN2O4S. The Bertz CT molecular complexity index is 696. The number of hydrogen-bond acceptors (Lipinski definition) is 5. The molecule has 3 heterocycles. The topological polar surface area (TPSA) is 83.6 Å². The lowest BCUT2D eigenvalue weighted by atomic mass is 10.2. The quantitative estimate of drug-likeness (QED) is 0.937. The molecule has 0 aromatic carbocycles. The molecule has 0 aliphatic carbocycles. The van der Waals surface area contributed by atoms with E-state index in [4.69, 9.17) is 21.2 Å². The van der Waals surface area contributed by atoms with Crippen LogP contribution in [0.4, 0.5) is 0 Å². The van der Waals surface area contributed by atoms with Gasteiger partial charge in [-0.3, -0.25) is 4.79 Å². The Hall–Kier alpha value is -1.86. The molecule has 0 saturated carbocycles. The minimum atomic E-state index is -0.991. The van der Waals surface area contributed by atoms with Crippen molar-refractivity contribution < 1.29 is 19.2 Å². The number of aromatic nitrogens is 1. The molecule has 1 saturated heterocycles. The molecule has 6 nitrogen and oxygen atoms in total. The van der Waals surface area contributed by atoms with Gasteiger partial charge in [0, 0.05) is 12.6 Å². The Labute approximate surface area is 128 Å². The number of nitrogens with zero attached hydrogens (tertiary/aromatic N) is 2. The average Bonchev–Trinajstić information content (AvgIpc) is 3.17. The van der Waals surface area contributed by atoms with Gasteiger partial charge in [-0.25, -0.2) is 4.79 Å². The van der Waals surface area contributed by atoms with Crippen molar-refractivity contribution in [3.8, 4) is 10.6 Å². The summed E-state index contributed by atoms with van der Waals surface area (Å²) in [4.78, 5) is 25.5. The third-order valence-electron chi connectivity index (χ3n) is 3.34. The van der Waals surface area contributed by atoms with Crippen LogP contribution in [0.25, 0.3) is 10.6 Å². The van der Waals surface area contributed by atoms with Gasteiger partial charge >= 0.3 is 5.97 Å². The lowest BCUT2D eigenvalue weighted by molar-refractivity contribution is -0.141. The molecule has 2 aromatic rings. The van der Waals surface area contributed by atoms with Crippen molar-refractivity contribution in [3.63, 3.8) is 0 Å². The maximum atomic E-state index is 12.3. The Morgan fingerprint density at radius 2 is 2.29 bits per heavy atom. The van der Waals surface area contributed by atoms with Gasteiger partial charge in [-0.2, -0.15) is 0 Å². The number of rotatable bonds is 3. The summed E-state index contributed by atoms with van der Waals surface area (Å²) in [5, 5.41) is 12.9. The minimum Gasteiger partial charge on any atom is -0.480 e. The fourth-order valence-electron chi connectivity index (χ4n) is 2.35. The summed E-state index contributed by atoms with van der Waals surface area (Å²) < 4.78 is 5.76. The second-order valence-electron chi connectivity index (χ2n) is 4.67. The van der Waals surface area contributed by atoms with E-state index in [1.165, 1.54) is 22.3 Å². The van der Waals surface area contributed by atoms with Crippen molar-refractivity contribution in [2.75, 3.05) is 6.54 Å². The number of hydrogen-bond donors (Lipinski definition) is 1. The number of carbonyl (C=O) groups excluding carboxylic acids is 1. The van der Waals surface area contributed by atoms with Gasteiger partial charge in [-0.15, -0.1) is 11.3 Å². The van der Waals surface area contributed by atoms with E-state index < -0.39 is 17.9 Å². The molecule has 3 rings (SSSR count). The molecule has 0 spiro atoms. The lowest BCUT2D eigenvalue weighted by Gasteiger charge is -2.19. The van der Waals surface area contributed by atoms with Crippen molar-refractivity contribution in [1.82, 2.24) is 10.1 Å². The highest BCUT2D eigenvalue weighted by Gasteiger charge is 2.35. The monoisotopic (exact) mass is 326 g/mol. The van der Waals surface area contributed by atoms with Crippen LogP contribution in [0, 0.1) is 0 Å². The highest BCUT2D eigenvalue weighted by molar-refractivity contribution is 7.19. The molecule has 110 valence electrons. The summed E-state index contributed by atoms with van der Waals surface area (Å²) in [5.74, 6) is -0.964. The van der Waals surface area contributed by atoms with Crippen LogP contribution in [-0.2, 0) is 4.79 Å². The van der Waals surface area contributed by atoms with Crippen molar-refractivity contribution in [1.29, 1.82) is 0 Å². The molecule has 0 bridgehead atoms. The van der Waals surface area contributed by atoms with Crippen LogP contribution in [0.2, 0.25) is 4.34 Å². The standard InChI is InChI=1S/C13H11ClN2O4S/c14-11-4-3-10(21-11)9-6-7(15-20-9)12(17)16-5-1-2-8(16)13(18)19/h3-4,6,8H,1-2,5H2,(H,18,19). The molecule has 1 aliphatic heterocycles. The third-order valence-corrected chi connectivity index (χ3v) is 4.59. The maximum Gasteiger partial charge on any atom is 0.326 e. The molecule has 1 unspecified atom stereocenters. The smallest absolute Gasteiger partial charge is 0.326 e. The molecule has 1 aliphatic rings. The second kappa shape index (κ2) is 5.50. The largest absolute Gasteiger partial charge is 0.480 e. The van der Waals surface area contributed by atoms with E-state index in [-0.39, 0.29) is 5.69 Å². The molecular weight excluding hydrogens is 316 g/mol. The van der Waals surface area contributed by atoms with E-state index >= 15 is 0 Å². The van der Waals surface area contributed by atoms with Crippen molar-refractivity contribution >= 4 is 34.8 Å². The first-order chi connectivity index (χ1) is 10.1. The molecule has 1 N–H and O–H groups in total. The number of carboxylic acid groups (broad SMARTS) is 1. The fourth-order valence-corrected chi connectivity index (χ4v) is 3.34. The first kappa shape index (κ1) is 14.1. The first-order valence-corrected chi connectivity index (χ1v) is 7.52. The third kappa shape index (κ3) is 2.66. The van der Waals surface area contributed by atoms with Gasteiger partial charge in [0.2, 0.25) is 0 Å². The Morgan fingerprint density at radius 3 is 2.95 bits per heavy atom. The average molecular weight is 327 g/mol. The summed E-state index contributed by atoms with van der Waals surface area (Å²) in [6, 6.07) is 4.24. The summed E-state index contributed by atoms with van der Waals surface area (Å²) in [7, 11) is 0. The zero-order valence-electron chi connectivity index (χ0n) is 10.8. The lowest BCUT2D eigenvalue weighted by Crippen LogP contribution is -2.40. The summed E-state index contributed by atoms with van der Waals surface area (Å²) in [6.07, 6.45) is 1.14. The minimum absolute atomic E-state index is 0.114. The van der Waals surface area contributed by atoms with E-state index in [1.807, 2.05) is 0 Å². The van der Waals surface area contributed by atoms with E-state index in [1.54, 1.807) is 12.1 Å². The van der Waals surface area contributed by atoms with Crippen molar-refractivity contribution in [2.45, 2.75) is 18.9 Å². The number of carbonyl (C=O) groups is 2. The van der Waals surface area contributed by atoms with Crippen LogP contribution in [0.1, 0.15) is 23.3 Å². The van der Waals surface area contributed by atoms with Crippen LogP contribution in [0.5, 0.6) is 0 Å². The first-order valence-electron chi connectivity index (χ1n) is 6.32. The normalized spacial score (nSPS) is 18.1. The zero-order chi connectivity index (χ0) is 15.0. The second-order valence-corrected chi connectivity index (χ2v) is 6.39. The Kier molecular flexibility index (Phi) is 3.69. The van der Waals surface area contributed by atoms with Crippen LogP contribution in [-0.4, -0.2) is 39.6 Å². The molecule has 1 fully saturated rings. The summed E-state index contributed by atoms with van der Waals surface area (Å²) >= 11 is 7.17. The predicted molar refractivity (Wildman–Crippen MR) is 76.5 cm³/mol. The van der Waals surface area contributed by atoms with Crippen LogP contribution in [0.15, 0.2) is 22.7 Å². The molecule has 2 aromatic heterocycles. The number of aliphatic carboxylic acids is 1. The van der Waals surface area contributed by atoms with Gasteiger partial charge in [0.05, 0.1) is 9.21 Å². The highest BCUT2D eigenvalue weighted by Crippen LogP contribution is 2.31. The molecule has 1 atom stereocenters. The molecule has 1 amide bonds. The number of thiophene rings is 1. The maximum absolute atomic E-state index is 12.3. The van der Waals surface area contributed by atoms with Gasteiger partial charge in [-0.1, -0.05) is 16.8 Å². The van der Waals surface area contributed by atoms with E-state index in [2.05, 4.69) is 5.16 Å². The van der Waals surface area contributed by atoms with Gasteiger partial charge in [0.15, 0.2) is 11.5 Å². The number of amides is 1. The predicted octanol–water partition coefficient (Wildman–Crippen LogP) is 2.75. The van der Waals surface area contributed by atoms with Gasteiger partial charge in [0.1, 0.15) is 6.04 Å². The Morgan fingerprint density at radius 1 is 1.48 bits per heavy atom. The van der Waals surface area contributed by atoms with Crippen LogP contribution in [0.3, 0.4) is 0 Å². The van der Waals surface area contributed by atoms with E-state index in [0.29, 0.717) is 29.5 Å². The SMILES string of the molecule is O=C(O)C1CCCN1C(=O)c1cc(-c2ccc(Cl)s2)on1. The summed E-state index contributed by atoms with van der Waals surface area (Å²) in [5.41, 5.74) is 0.114. The van der Waals surface area contributed by atoms with Crippen molar-refractivity contribution in [2.24, 2.45) is 0 Å². The molecule has 8 heteroatoms. The van der Waals surface area contributed by atoms with Crippen LogP contribution < -0.4 is 0 Å². The van der Waals surface area contributed by atoms with Gasteiger partial charge in [-0.05, 0) is 25.0 Å². The number of halogens is 1. The Balaban J connectivity index is 1.83. The molecule has 21 heavy (non-hydrogen) atoms. The number of likely N-dealkylation sites (tertiary alicyclic amines) is 1. The van der Waals surface area contributed by atoms with E-state index in [9.17, 15) is 9.59 Å². The number of carboxylic acids is 1. The molecule has 0 radical (unpaired) electrons. The fraction of sp³-hybridized carbons (Fsp3) is 0.308. The summed E-state index contributed by atoms with van der Waals surface area (Å²) in [6.45, 7) is 0.419. The van der Waals surface area contributed by atoms with Crippen molar-refractivity contribution in [3.05, 3.63) is 28.2 Å². The van der Waals surface area contributed by atoms with Gasteiger partial charge < -0.3 is 14.5 Å². The van der Waals surface area contributed by atoms with Gasteiger partial charge in [0.25, 0.3) is 5.91 Å². The zero-order valence-corrected chi connectivity index (χ0v) is 12.4. The van der Waals surface area contributed by atoms with Crippen LogP contribution >= 0.6 is 22.9 Å².